The van der Waals surface area contributed by atoms with Gasteiger partial charge in [-0.3, -0.25) is 4.79 Å². The number of carbonyl (C=O) groups is 1. The lowest BCUT2D eigenvalue weighted by Crippen LogP contribution is -2.19. The summed E-state index contributed by atoms with van der Waals surface area (Å²) in [5.41, 5.74) is -0.250. The van der Waals surface area contributed by atoms with Crippen LogP contribution in [0.15, 0.2) is 21.4 Å². The van der Waals surface area contributed by atoms with Crippen molar-refractivity contribution in [2.45, 2.75) is 13.3 Å². The number of hydrogen-bond acceptors (Lipinski definition) is 2. The largest absolute Gasteiger partial charge is 0.477 e. The standard InChI is InChI=1S/C12H9BrFNO3/c1-2-8-10(12(17)18)11(16)5-3-7(14)6(13)4-9(5)15-8/h3-4H,2H2,1H3,(H,15,16)(H,17,18). The number of aryl methyl sites for hydroxylation is 1. The second kappa shape index (κ2) is 4.53. The minimum absolute atomic E-state index is 0.0327. The van der Waals surface area contributed by atoms with Gasteiger partial charge < -0.3 is 10.1 Å². The van der Waals surface area contributed by atoms with Crippen LogP contribution in [0.4, 0.5) is 4.39 Å². The van der Waals surface area contributed by atoms with E-state index in [0.717, 1.165) is 6.07 Å². The lowest BCUT2D eigenvalue weighted by atomic mass is 10.1. The number of aromatic carboxylic acids is 1. The number of rotatable bonds is 2. The van der Waals surface area contributed by atoms with Crippen LogP contribution >= 0.6 is 15.9 Å². The molecule has 0 atom stereocenters. The van der Waals surface area contributed by atoms with Crippen LogP contribution < -0.4 is 5.43 Å². The van der Waals surface area contributed by atoms with Crippen molar-refractivity contribution in [2.24, 2.45) is 0 Å². The summed E-state index contributed by atoms with van der Waals surface area (Å²) in [5.74, 6) is -1.91. The molecule has 0 aliphatic carbocycles. The van der Waals surface area contributed by atoms with Gasteiger partial charge in [0.05, 0.1) is 9.99 Å². The van der Waals surface area contributed by atoms with E-state index in [0.29, 0.717) is 17.6 Å². The molecule has 94 valence electrons. The molecule has 0 aliphatic heterocycles. The van der Waals surface area contributed by atoms with Crippen LogP contribution in [0.25, 0.3) is 10.9 Å². The number of nitrogens with one attached hydrogen (secondary N) is 1. The highest BCUT2D eigenvalue weighted by Crippen LogP contribution is 2.21. The molecule has 2 N–H and O–H groups in total. The Kier molecular flexibility index (Phi) is 3.21. The van der Waals surface area contributed by atoms with Crippen LogP contribution in [0.2, 0.25) is 0 Å². The molecule has 0 radical (unpaired) electrons. The summed E-state index contributed by atoms with van der Waals surface area (Å²) in [4.78, 5) is 26.0. The molecule has 0 spiro atoms. The number of halogens is 2. The predicted molar refractivity (Wildman–Crippen MR) is 68.6 cm³/mol. The maximum atomic E-state index is 13.4. The first kappa shape index (κ1) is 12.8. The Morgan fingerprint density at radius 2 is 2.17 bits per heavy atom. The van der Waals surface area contributed by atoms with Gasteiger partial charge in [0.1, 0.15) is 11.4 Å². The van der Waals surface area contributed by atoms with Gasteiger partial charge in [0, 0.05) is 11.1 Å². The number of aromatic nitrogens is 1. The summed E-state index contributed by atoms with van der Waals surface area (Å²) in [7, 11) is 0. The van der Waals surface area contributed by atoms with E-state index in [1.54, 1.807) is 6.92 Å². The van der Waals surface area contributed by atoms with Crippen molar-refractivity contribution in [1.82, 2.24) is 4.98 Å². The number of carboxylic acids is 1. The van der Waals surface area contributed by atoms with E-state index < -0.39 is 17.2 Å². The third-order valence-electron chi connectivity index (χ3n) is 2.69. The average molecular weight is 314 g/mol. The van der Waals surface area contributed by atoms with Gasteiger partial charge in [-0.15, -0.1) is 0 Å². The van der Waals surface area contributed by atoms with Gasteiger partial charge in [0.2, 0.25) is 5.43 Å². The number of carboxylic acid groups (broad SMARTS) is 1. The minimum atomic E-state index is -1.31. The number of H-pyrrole nitrogens is 1. The van der Waals surface area contributed by atoms with Crippen LogP contribution in [-0.4, -0.2) is 16.1 Å². The maximum Gasteiger partial charge on any atom is 0.341 e. The Balaban J connectivity index is 2.96. The molecule has 6 heteroatoms. The summed E-state index contributed by atoms with van der Waals surface area (Å²) < 4.78 is 13.6. The molecule has 0 amide bonds. The monoisotopic (exact) mass is 313 g/mol. The molecule has 0 saturated heterocycles. The fourth-order valence-corrected chi connectivity index (χ4v) is 2.17. The fraction of sp³-hybridized carbons (Fsp3) is 0.167. The van der Waals surface area contributed by atoms with Crippen molar-refractivity contribution in [3.8, 4) is 0 Å². The van der Waals surface area contributed by atoms with Crippen LogP contribution in [0.3, 0.4) is 0 Å². The number of fused-ring (bicyclic) bond motifs is 1. The van der Waals surface area contributed by atoms with E-state index in [4.69, 9.17) is 5.11 Å². The Bertz CT molecular complexity index is 709. The zero-order chi connectivity index (χ0) is 13.4. The highest BCUT2D eigenvalue weighted by molar-refractivity contribution is 9.10. The SMILES string of the molecule is CCc1[nH]c2cc(Br)c(F)cc2c(=O)c1C(=O)O. The molecule has 4 nitrogen and oxygen atoms in total. The lowest BCUT2D eigenvalue weighted by Gasteiger charge is -2.07. The zero-order valence-corrected chi connectivity index (χ0v) is 11.0. The molecular formula is C12H9BrFNO3. The summed E-state index contributed by atoms with van der Waals surface area (Å²) in [6.07, 6.45) is 0.377. The van der Waals surface area contributed by atoms with Gasteiger partial charge in [-0.05, 0) is 34.5 Å². The second-order valence-electron chi connectivity index (χ2n) is 3.78. The van der Waals surface area contributed by atoms with Crippen LogP contribution in [0.1, 0.15) is 23.0 Å². The van der Waals surface area contributed by atoms with E-state index >= 15 is 0 Å². The van der Waals surface area contributed by atoms with E-state index in [1.807, 2.05) is 0 Å². The highest BCUT2D eigenvalue weighted by Gasteiger charge is 2.18. The Labute approximate surface area is 110 Å². The number of hydrogen-bond donors (Lipinski definition) is 2. The van der Waals surface area contributed by atoms with Crippen molar-refractivity contribution >= 4 is 32.8 Å². The van der Waals surface area contributed by atoms with E-state index in [1.165, 1.54) is 6.07 Å². The quantitative estimate of drug-likeness (QED) is 0.895. The Morgan fingerprint density at radius 1 is 1.50 bits per heavy atom. The molecule has 0 aliphatic rings. The third-order valence-corrected chi connectivity index (χ3v) is 3.29. The smallest absolute Gasteiger partial charge is 0.341 e. The summed E-state index contributed by atoms with van der Waals surface area (Å²) >= 11 is 3.02. The topological polar surface area (TPSA) is 70.2 Å². The number of aromatic amines is 1. The normalized spacial score (nSPS) is 10.8. The number of pyridine rings is 1. The van der Waals surface area contributed by atoms with Crippen molar-refractivity contribution in [3.05, 3.63) is 43.9 Å². The molecule has 1 heterocycles. The second-order valence-corrected chi connectivity index (χ2v) is 4.63. The van der Waals surface area contributed by atoms with Crippen LogP contribution in [0.5, 0.6) is 0 Å². The maximum absolute atomic E-state index is 13.4. The van der Waals surface area contributed by atoms with Crippen molar-refractivity contribution in [3.63, 3.8) is 0 Å². The molecule has 0 saturated carbocycles. The molecule has 2 rings (SSSR count). The number of benzene rings is 1. The summed E-state index contributed by atoms with van der Waals surface area (Å²) in [5, 5.41) is 9.07. The Hall–Kier alpha value is -1.69. The minimum Gasteiger partial charge on any atom is -0.477 e. The molecule has 0 fully saturated rings. The van der Waals surface area contributed by atoms with E-state index in [9.17, 15) is 14.0 Å². The first-order chi connectivity index (χ1) is 8.45. The van der Waals surface area contributed by atoms with E-state index in [-0.39, 0.29) is 15.4 Å². The van der Waals surface area contributed by atoms with E-state index in [2.05, 4.69) is 20.9 Å². The first-order valence-corrected chi connectivity index (χ1v) is 6.02. The molecule has 2 aromatic rings. The molecule has 0 unspecified atom stereocenters. The van der Waals surface area contributed by atoms with Crippen molar-refractivity contribution in [2.75, 3.05) is 0 Å². The molecule has 18 heavy (non-hydrogen) atoms. The summed E-state index contributed by atoms with van der Waals surface area (Å²) in [6.45, 7) is 1.74. The Morgan fingerprint density at radius 3 is 2.72 bits per heavy atom. The van der Waals surface area contributed by atoms with Crippen molar-refractivity contribution < 1.29 is 14.3 Å². The van der Waals surface area contributed by atoms with Gasteiger partial charge in [0.25, 0.3) is 0 Å². The summed E-state index contributed by atoms with van der Waals surface area (Å²) in [6, 6.07) is 2.46. The fourth-order valence-electron chi connectivity index (χ4n) is 1.83. The zero-order valence-electron chi connectivity index (χ0n) is 9.38. The highest BCUT2D eigenvalue weighted by atomic mass is 79.9. The van der Waals surface area contributed by atoms with Gasteiger partial charge in [-0.1, -0.05) is 6.92 Å². The third kappa shape index (κ3) is 1.92. The molecule has 1 aromatic heterocycles. The van der Waals surface area contributed by atoms with Gasteiger partial charge in [0.15, 0.2) is 0 Å². The first-order valence-electron chi connectivity index (χ1n) is 5.23. The predicted octanol–water partition coefficient (Wildman–Crippen LogP) is 2.69. The van der Waals surface area contributed by atoms with Crippen LogP contribution in [0, 0.1) is 5.82 Å². The van der Waals surface area contributed by atoms with Crippen LogP contribution in [-0.2, 0) is 6.42 Å². The molecule has 1 aromatic carbocycles. The van der Waals surface area contributed by atoms with Gasteiger partial charge in [-0.2, -0.15) is 0 Å². The van der Waals surface area contributed by atoms with Crippen molar-refractivity contribution in [1.29, 1.82) is 0 Å². The van der Waals surface area contributed by atoms with Gasteiger partial charge >= 0.3 is 5.97 Å². The van der Waals surface area contributed by atoms with Gasteiger partial charge in [-0.25, -0.2) is 9.18 Å². The molecular weight excluding hydrogens is 305 g/mol. The average Bonchev–Trinajstić information content (AvgIpc) is 2.30. The lowest BCUT2D eigenvalue weighted by molar-refractivity contribution is 0.0694. The molecule has 0 bridgehead atoms.